The molecule has 1 atom stereocenters. The van der Waals surface area contributed by atoms with Crippen LogP contribution in [0.2, 0.25) is 0 Å². The summed E-state index contributed by atoms with van der Waals surface area (Å²) in [7, 11) is 3.69. The molecule has 1 saturated carbocycles. The molecule has 0 heterocycles. The normalized spacial score (nSPS) is 21.6. The molecule has 0 aromatic heterocycles. The summed E-state index contributed by atoms with van der Waals surface area (Å²) in [5.74, 6) is -0.301. The Hall–Kier alpha value is -0.570. The summed E-state index contributed by atoms with van der Waals surface area (Å²) in [4.78, 5) is 12.7. The molecule has 0 bridgehead atoms. The van der Waals surface area contributed by atoms with Gasteiger partial charge in [0.1, 0.15) is 6.04 Å². The highest BCUT2D eigenvalue weighted by Crippen LogP contribution is 2.29. The quantitative estimate of drug-likeness (QED) is 0.693. The van der Waals surface area contributed by atoms with Crippen LogP contribution in [0, 0.1) is 5.92 Å². The van der Waals surface area contributed by atoms with Crippen molar-refractivity contribution < 1.29 is 9.90 Å². The lowest BCUT2D eigenvalue weighted by Gasteiger charge is -2.25. The number of aliphatic carboxylic acids is 1. The second-order valence-electron chi connectivity index (χ2n) is 3.79. The van der Waals surface area contributed by atoms with Crippen LogP contribution in [0.4, 0.5) is 0 Å². The summed E-state index contributed by atoms with van der Waals surface area (Å²) in [6.07, 6.45) is 4.55. The molecule has 0 aliphatic heterocycles. The molecule has 1 fully saturated rings. The van der Waals surface area contributed by atoms with E-state index in [1.54, 1.807) is 0 Å². The molecule has 0 amide bonds. The van der Waals surface area contributed by atoms with Gasteiger partial charge in [-0.15, -0.1) is 0 Å². The van der Waals surface area contributed by atoms with Gasteiger partial charge in [0.15, 0.2) is 0 Å². The molecule has 0 radical (unpaired) electrons. The lowest BCUT2D eigenvalue weighted by molar-refractivity contribution is -0.144. The van der Waals surface area contributed by atoms with E-state index in [0.717, 1.165) is 12.8 Å². The topological polar surface area (TPSA) is 40.5 Å². The van der Waals surface area contributed by atoms with E-state index in [2.05, 4.69) is 0 Å². The van der Waals surface area contributed by atoms with Gasteiger partial charge < -0.3 is 5.11 Å². The van der Waals surface area contributed by atoms with Gasteiger partial charge in [-0.1, -0.05) is 12.8 Å². The van der Waals surface area contributed by atoms with Crippen LogP contribution >= 0.6 is 0 Å². The van der Waals surface area contributed by atoms with Gasteiger partial charge in [0.05, 0.1) is 0 Å². The van der Waals surface area contributed by atoms with Crippen LogP contribution in [0.3, 0.4) is 0 Å². The third-order valence-electron chi connectivity index (χ3n) is 2.66. The van der Waals surface area contributed by atoms with E-state index in [4.69, 9.17) is 5.11 Å². The van der Waals surface area contributed by atoms with Gasteiger partial charge in [-0.3, -0.25) is 9.69 Å². The number of carboxylic acids is 1. The van der Waals surface area contributed by atoms with Crippen LogP contribution in [0.25, 0.3) is 0 Å². The number of carboxylic acid groups (broad SMARTS) is 1. The minimum atomic E-state index is -0.674. The number of nitrogens with zero attached hydrogens (tertiary/aromatic N) is 1. The highest BCUT2D eigenvalue weighted by atomic mass is 16.4. The summed E-state index contributed by atoms with van der Waals surface area (Å²) in [6.45, 7) is 0. The minimum absolute atomic E-state index is 0.271. The SMILES string of the molecule is CN(C)C(C(=O)O)C1CCCC1. The van der Waals surface area contributed by atoms with Crippen molar-refractivity contribution in [3.05, 3.63) is 0 Å². The molecule has 0 aromatic rings. The molecular formula is C9H17NO2. The van der Waals surface area contributed by atoms with E-state index in [1.807, 2.05) is 19.0 Å². The van der Waals surface area contributed by atoms with Gasteiger partial charge in [0, 0.05) is 0 Å². The molecule has 3 nitrogen and oxygen atoms in total. The molecule has 3 heteroatoms. The first-order valence-corrected chi connectivity index (χ1v) is 4.52. The molecule has 0 spiro atoms. The van der Waals surface area contributed by atoms with Crippen LogP contribution in [0.15, 0.2) is 0 Å². The van der Waals surface area contributed by atoms with Crippen molar-refractivity contribution in [2.45, 2.75) is 31.7 Å². The average Bonchev–Trinajstić information content (AvgIpc) is 2.37. The molecule has 0 saturated heterocycles. The first-order valence-electron chi connectivity index (χ1n) is 4.52. The van der Waals surface area contributed by atoms with Crippen molar-refractivity contribution in [3.8, 4) is 0 Å². The third kappa shape index (κ3) is 1.97. The van der Waals surface area contributed by atoms with Gasteiger partial charge in [-0.2, -0.15) is 0 Å². The van der Waals surface area contributed by atoms with E-state index >= 15 is 0 Å². The van der Waals surface area contributed by atoms with E-state index in [0.29, 0.717) is 5.92 Å². The molecule has 1 aliphatic carbocycles. The molecule has 1 unspecified atom stereocenters. The lowest BCUT2D eigenvalue weighted by Crippen LogP contribution is -2.40. The van der Waals surface area contributed by atoms with Crippen molar-refractivity contribution in [1.29, 1.82) is 0 Å². The fourth-order valence-electron chi connectivity index (χ4n) is 2.12. The van der Waals surface area contributed by atoms with Crippen molar-refractivity contribution in [2.75, 3.05) is 14.1 Å². The Morgan fingerprint density at radius 1 is 1.42 bits per heavy atom. The van der Waals surface area contributed by atoms with Gasteiger partial charge >= 0.3 is 5.97 Å². The number of hydrogen-bond acceptors (Lipinski definition) is 2. The summed E-state index contributed by atoms with van der Waals surface area (Å²) in [5.41, 5.74) is 0. The van der Waals surface area contributed by atoms with E-state index in [1.165, 1.54) is 12.8 Å². The number of likely N-dealkylation sites (N-methyl/N-ethyl adjacent to an activating group) is 1. The molecule has 1 rings (SSSR count). The molecule has 70 valence electrons. The molecule has 0 aromatic carbocycles. The highest BCUT2D eigenvalue weighted by molar-refractivity contribution is 5.73. The van der Waals surface area contributed by atoms with Gasteiger partial charge in [0.25, 0.3) is 0 Å². The maximum atomic E-state index is 10.9. The Labute approximate surface area is 73.4 Å². The largest absolute Gasteiger partial charge is 0.480 e. The maximum absolute atomic E-state index is 10.9. The first kappa shape index (κ1) is 9.52. The zero-order valence-corrected chi connectivity index (χ0v) is 7.79. The summed E-state index contributed by atoms with van der Waals surface area (Å²) in [5, 5.41) is 8.96. The smallest absolute Gasteiger partial charge is 0.321 e. The van der Waals surface area contributed by atoms with Gasteiger partial charge in [-0.05, 0) is 32.9 Å². The average molecular weight is 171 g/mol. The summed E-state index contributed by atoms with van der Waals surface area (Å²) < 4.78 is 0. The first-order chi connectivity index (χ1) is 5.63. The number of hydrogen-bond donors (Lipinski definition) is 1. The molecule has 12 heavy (non-hydrogen) atoms. The van der Waals surface area contributed by atoms with Crippen molar-refractivity contribution in [1.82, 2.24) is 4.90 Å². The van der Waals surface area contributed by atoms with E-state index in [-0.39, 0.29) is 6.04 Å². The van der Waals surface area contributed by atoms with Crippen LogP contribution in [0.5, 0.6) is 0 Å². The zero-order valence-electron chi connectivity index (χ0n) is 7.79. The summed E-state index contributed by atoms with van der Waals surface area (Å²) in [6, 6.07) is -0.271. The van der Waals surface area contributed by atoms with Crippen molar-refractivity contribution >= 4 is 5.97 Å². The zero-order chi connectivity index (χ0) is 9.14. The second-order valence-corrected chi connectivity index (χ2v) is 3.79. The lowest BCUT2D eigenvalue weighted by atomic mass is 9.97. The standard InChI is InChI=1S/C9H17NO2/c1-10(2)8(9(11)12)7-5-3-4-6-7/h7-8H,3-6H2,1-2H3,(H,11,12). The van der Waals surface area contributed by atoms with Crippen molar-refractivity contribution in [2.24, 2.45) is 5.92 Å². The second kappa shape index (κ2) is 3.90. The Morgan fingerprint density at radius 3 is 2.25 bits per heavy atom. The Balaban J connectivity index is 2.58. The van der Waals surface area contributed by atoms with Crippen LogP contribution in [0.1, 0.15) is 25.7 Å². The van der Waals surface area contributed by atoms with E-state index < -0.39 is 5.97 Å². The Morgan fingerprint density at radius 2 is 1.92 bits per heavy atom. The monoisotopic (exact) mass is 171 g/mol. The fraction of sp³-hybridized carbons (Fsp3) is 0.889. The van der Waals surface area contributed by atoms with Crippen molar-refractivity contribution in [3.63, 3.8) is 0 Å². The summed E-state index contributed by atoms with van der Waals surface area (Å²) >= 11 is 0. The predicted octanol–water partition coefficient (Wildman–Crippen LogP) is 1.19. The van der Waals surface area contributed by atoms with Gasteiger partial charge in [-0.25, -0.2) is 0 Å². The van der Waals surface area contributed by atoms with Crippen LogP contribution in [-0.2, 0) is 4.79 Å². The minimum Gasteiger partial charge on any atom is -0.480 e. The highest BCUT2D eigenvalue weighted by Gasteiger charge is 2.31. The molecular weight excluding hydrogens is 154 g/mol. The Kier molecular flexibility index (Phi) is 3.09. The maximum Gasteiger partial charge on any atom is 0.321 e. The van der Waals surface area contributed by atoms with E-state index in [9.17, 15) is 4.79 Å². The third-order valence-corrected chi connectivity index (χ3v) is 2.66. The van der Waals surface area contributed by atoms with Gasteiger partial charge in [0.2, 0.25) is 0 Å². The number of carbonyl (C=O) groups is 1. The fourth-order valence-corrected chi connectivity index (χ4v) is 2.12. The Bertz CT molecular complexity index is 162. The van der Waals surface area contributed by atoms with Crippen LogP contribution < -0.4 is 0 Å². The molecule has 1 aliphatic rings. The van der Waals surface area contributed by atoms with Crippen LogP contribution in [-0.4, -0.2) is 36.1 Å². The molecule has 1 N–H and O–H groups in total. The predicted molar refractivity (Wildman–Crippen MR) is 47.1 cm³/mol. The number of rotatable bonds is 3.